The number of likely N-dealkylation sites (tertiary alicyclic amines) is 1. The second kappa shape index (κ2) is 8.13. The van der Waals surface area contributed by atoms with Gasteiger partial charge in [-0.05, 0) is 55.3 Å². The molecule has 5 nitrogen and oxygen atoms in total. The van der Waals surface area contributed by atoms with Crippen molar-refractivity contribution in [1.82, 2.24) is 4.90 Å². The Morgan fingerprint density at radius 2 is 1.68 bits per heavy atom. The van der Waals surface area contributed by atoms with Gasteiger partial charge >= 0.3 is 0 Å². The van der Waals surface area contributed by atoms with E-state index in [1.165, 1.54) is 12.5 Å². The van der Waals surface area contributed by atoms with Gasteiger partial charge in [0, 0.05) is 24.6 Å². The Morgan fingerprint density at radius 1 is 0.929 bits per heavy atom. The lowest BCUT2D eigenvalue weighted by atomic mass is 9.89. The van der Waals surface area contributed by atoms with Gasteiger partial charge < -0.3 is 14.1 Å². The van der Waals surface area contributed by atoms with Crippen LogP contribution in [0.4, 0.5) is 0 Å². The largest absolute Gasteiger partial charge is 0.472 e. The number of para-hydroxylation sites is 1. The number of carbonyl (C=O) groups excluding carboxylic acids is 2. The summed E-state index contributed by atoms with van der Waals surface area (Å²) < 4.78 is 10.8. The Balaban J connectivity index is 1.41. The number of rotatable bonds is 5. The molecule has 0 unspecified atom stereocenters. The van der Waals surface area contributed by atoms with Crippen LogP contribution in [0, 0.1) is 5.92 Å². The van der Waals surface area contributed by atoms with Gasteiger partial charge in [-0.25, -0.2) is 0 Å². The molecular weight excluding hydrogens is 354 g/mol. The minimum absolute atomic E-state index is 0.0657. The van der Waals surface area contributed by atoms with Gasteiger partial charge in [0.25, 0.3) is 5.91 Å². The Hall–Kier alpha value is -3.34. The predicted octanol–water partition coefficient (Wildman–Crippen LogP) is 4.81. The number of Topliss-reactive ketones (excluding diaryl/α,β-unsaturated/α-hetero) is 1. The van der Waals surface area contributed by atoms with Crippen LogP contribution < -0.4 is 4.74 Å². The van der Waals surface area contributed by atoms with Crippen molar-refractivity contribution in [1.29, 1.82) is 0 Å². The highest BCUT2D eigenvalue weighted by Gasteiger charge is 2.29. The number of piperidine rings is 1. The van der Waals surface area contributed by atoms with Crippen LogP contribution >= 0.6 is 0 Å². The van der Waals surface area contributed by atoms with Crippen molar-refractivity contribution in [3.8, 4) is 11.5 Å². The molecular formula is C23H21NO4. The number of hydrogen-bond donors (Lipinski definition) is 0. The van der Waals surface area contributed by atoms with Gasteiger partial charge in [0.1, 0.15) is 17.8 Å². The van der Waals surface area contributed by atoms with Crippen molar-refractivity contribution in [3.63, 3.8) is 0 Å². The third kappa shape index (κ3) is 3.98. The number of hydrogen-bond acceptors (Lipinski definition) is 4. The SMILES string of the molecule is O=C(c1ccc(Oc2ccccc2)cc1)[C@H]1CCCN(C(=O)c2ccoc2)C1. The van der Waals surface area contributed by atoms with Crippen LogP contribution in [0.5, 0.6) is 11.5 Å². The lowest BCUT2D eigenvalue weighted by Crippen LogP contribution is -2.42. The van der Waals surface area contributed by atoms with Gasteiger partial charge in [-0.3, -0.25) is 9.59 Å². The lowest BCUT2D eigenvalue weighted by Gasteiger charge is -2.31. The monoisotopic (exact) mass is 375 g/mol. The van der Waals surface area contributed by atoms with E-state index < -0.39 is 0 Å². The first kappa shape index (κ1) is 18.0. The molecule has 1 aliphatic rings. The smallest absolute Gasteiger partial charge is 0.257 e. The van der Waals surface area contributed by atoms with Crippen molar-refractivity contribution >= 4 is 11.7 Å². The summed E-state index contributed by atoms with van der Waals surface area (Å²) in [5, 5.41) is 0. The van der Waals surface area contributed by atoms with Gasteiger partial charge in [0.2, 0.25) is 0 Å². The number of benzene rings is 2. The molecule has 5 heteroatoms. The Kier molecular flexibility index (Phi) is 5.24. The summed E-state index contributed by atoms with van der Waals surface area (Å²) in [6, 6.07) is 18.3. The van der Waals surface area contributed by atoms with Gasteiger partial charge in [-0.1, -0.05) is 18.2 Å². The van der Waals surface area contributed by atoms with Gasteiger partial charge in [-0.2, -0.15) is 0 Å². The van der Waals surface area contributed by atoms with E-state index in [2.05, 4.69) is 0 Å². The summed E-state index contributed by atoms with van der Waals surface area (Å²) in [6.45, 7) is 1.10. The van der Waals surface area contributed by atoms with Crippen molar-refractivity contribution in [2.24, 2.45) is 5.92 Å². The normalized spacial score (nSPS) is 16.6. The second-order valence-electron chi connectivity index (χ2n) is 6.91. The maximum Gasteiger partial charge on any atom is 0.257 e. The highest BCUT2D eigenvalue weighted by atomic mass is 16.5. The van der Waals surface area contributed by atoms with E-state index in [1.54, 1.807) is 35.2 Å². The Bertz CT molecular complexity index is 933. The summed E-state index contributed by atoms with van der Waals surface area (Å²) in [5.74, 6) is 1.23. The minimum atomic E-state index is -0.189. The lowest BCUT2D eigenvalue weighted by molar-refractivity contribution is 0.0636. The first-order chi connectivity index (χ1) is 13.7. The summed E-state index contributed by atoms with van der Waals surface area (Å²) in [4.78, 5) is 27.2. The van der Waals surface area contributed by atoms with E-state index >= 15 is 0 Å². The number of carbonyl (C=O) groups is 2. The van der Waals surface area contributed by atoms with Crippen LogP contribution in [0.15, 0.2) is 77.6 Å². The second-order valence-corrected chi connectivity index (χ2v) is 6.91. The molecule has 0 spiro atoms. The summed E-state index contributed by atoms with van der Waals surface area (Å²) in [7, 11) is 0. The van der Waals surface area contributed by atoms with Crippen molar-refractivity contribution in [2.75, 3.05) is 13.1 Å². The van der Waals surface area contributed by atoms with Crippen molar-refractivity contribution in [2.45, 2.75) is 12.8 Å². The zero-order chi connectivity index (χ0) is 19.3. The fraction of sp³-hybridized carbons (Fsp3) is 0.217. The fourth-order valence-corrected chi connectivity index (χ4v) is 3.49. The summed E-state index contributed by atoms with van der Waals surface area (Å²) in [6.07, 6.45) is 4.53. The van der Waals surface area contributed by atoms with E-state index in [0.29, 0.717) is 30.0 Å². The molecule has 0 saturated carbocycles. The first-order valence-electron chi connectivity index (χ1n) is 9.39. The quantitative estimate of drug-likeness (QED) is 0.601. The molecule has 3 aromatic rings. The Morgan fingerprint density at radius 3 is 2.39 bits per heavy atom. The molecule has 28 heavy (non-hydrogen) atoms. The molecule has 1 amide bonds. The predicted molar refractivity (Wildman–Crippen MR) is 105 cm³/mol. The molecule has 1 saturated heterocycles. The van der Waals surface area contributed by atoms with Crippen LogP contribution in [0.2, 0.25) is 0 Å². The zero-order valence-electron chi connectivity index (χ0n) is 15.4. The van der Waals surface area contributed by atoms with Crippen molar-refractivity contribution < 1.29 is 18.7 Å². The maximum atomic E-state index is 12.9. The van der Waals surface area contributed by atoms with E-state index in [1.807, 2.05) is 30.3 Å². The van der Waals surface area contributed by atoms with Crippen molar-refractivity contribution in [3.05, 3.63) is 84.3 Å². The average Bonchev–Trinajstić information content (AvgIpc) is 3.29. The van der Waals surface area contributed by atoms with Crippen LogP contribution in [0.3, 0.4) is 0 Å². The fourth-order valence-electron chi connectivity index (χ4n) is 3.49. The number of ether oxygens (including phenoxy) is 1. The molecule has 1 aromatic heterocycles. The third-order valence-corrected chi connectivity index (χ3v) is 4.97. The van der Waals surface area contributed by atoms with Crippen LogP contribution in [0.1, 0.15) is 33.6 Å². The number of amides is 1. The number of furan rings is 1. The van der Waals surface area contributed by atoms with Gasteiger partial charge in [-0.15, -0.1) is 0 Å². The van der Waals surface area contributed by atoms with E-state index in [9.17, 15) is 9.59 Å². The number of ketones is 1. The first-order valence-corrected chi connectivity index (χ1v) is 9.39. The maximum absolute atomic E-state index is 12.9. The molecule has 0 aliphatic carbocycles. The molecule has 0 radical (unpaired) electrons. The molecule has 2 heterocycles. The van der Waals surface area contributed by atoms with Crippen LogP contribution in [-0.4, -0.2) is 29.7 Å². The standard InChI is InChI=1S/C23H21NO4/c25-22(17-8-10-21(11-9-17)28-20-6-2-1-3-7-20)18-5-4-13-24(15-18)23(26)19-12-14-27-16-19/h1-3,6-12,14,16,18H,4-5,13,15H2/t18-/m0/s1. The molecule has 4 rings (SSSR count). The summed E-state index contributed by atoms with van der Waals surface area (Å²) >= 11 is 0. The highest BCUT2D eigenvalue weighted by molar-refractivity contribution is 5.99. The molecule has 1 atom stereocenters. The van der Waals surface area contributed by atoms with Gasteiger partial charge in [0.05, 0.1) is 11.8 Å². The molecule has 0 bridgehead atoms. The summed E-state index contributed by atoms with van der Waals surface area (Å²) in [5.41, 5.74) is 1.17. The molecule has 1 aliphatic heterocycles. The van der Waals surface area contributed by atoms with E-state index in [4.69, 9.17) is 9.15 Å². The molecule has 2 aromatic carbocycles. The van der Waals surface area contributed by atoms with E-state index in [0.717, 1.165) is 18.6 Å². The highest BCUT2D eigenvalue weighted by Crippen LogP contribution is 2.25. The zero-order valence-corrected chi connectivity index (χ0v) is 15.4. The molecule has 142 valence electrons. The molecule has 1 fully saturated rings. The topological polar surface area (TPSA) is 59.8 Å². The third-order valence-electron chi connectivity index (χ3n) is 4.97. The van der Waals surface area contributed by atoms with Crippen LogP contribution in [0.25, 0.3) is 0 Å². The Labute approximate surface area is 163 Å². The molecule has 0 N–H and O–H groups in total. The van der Waals surface area contributed by atoms with Crippen LogP contribution in [-0.2, 0) is 0 Å². The van der Waals surface area contributed by atoms with Gasteiger partial charge in [0.15, 0.2) is 5.78 Å². The average molecular weight is 375 g/mol. The number of nitrogens with zero attached hydrogens (tertiary/aromatic N) is 1. The van der Waals surface area contributed by atoms with E-state index in [-0.39, 0.29) is 17.6 Å². The minimum Gasteiger partial charge on any atom is -0.472 e.